The van der Waals surface area contributed by atoms with E-state index in [9.17, 15) is 8.42 Å². The predicted molar refractivity (Wildman–Crippen MR) is 113 cm³/mol. The number of ether oxygens (including phenoxy) is 1. The van der Waals surface area contributed by atoms with Gasteiger partial charge in [0.1, 0.15) is 0 Å². The van der Waals surface area contributed by atoms with Gasteiger partial charge in [-0.1, -0.05) is 37.7 Å². The van der Waals surface area contributed by atoms with Crippen LogP contribution in [0.2, 0.25) is 0 Å². The first-order valence-corrected chi connectivity index (χ1v) is 11.9. The van der Waals surface area contributed by atoms with Gasteiger partial charge >= 0.3 is 0 Å². The summed E-state index contributed by atoms with van der Waals surface area (Å²) in [6.07, 6.45) is 0.406. The van der Waals surface area contributed by atoms with Crippen molar-refractivity contribution in [1.82, 2.24) is 19.1 Å². The number of methoxy groups -OCH3 is 1. The molecule has 0 saturated heterocycles. The molecule has 1 atom stereocenters. The molecule has 0 aliphatic rings. The van der Waals surface area contributed by atoms with Crippen LogP contribution in [0.25, 0.3) is 11.4 Å². The highest BCUT2D eigenvalue weighted by Gasteiger charge is 2.24. The molecule has 0 aliphatic carbocycles. The second-order valence-electron chi connectivity index (χ2n) is 6.35. The van der Waals surface area contributed by atoms with Crippen LogP contribution in [-0.2, 0) is 14.8 Å². The van der Waals surface area contributed by atoms with Crippen molar-refractivity contribution in [3.63, 3.8) is 0 Å². The van der Waals surface area contributed by atoms with Crippen LogP contribution in [0.4, 0.5) is 0 Å². The third-order valence-corrected chi connectivity index (χ3v) is 7.38. The number of hydrogen-bond acceptors (Lipinski definition) is 7. The van der Waals surface area contributed by atoms with Gasteiger partial charge in [0.15, 0.2) is 11.0 Å². The Morgan fingerprint density at radius 2 is 2.03 bits per heavy atom. The van der Waals surface area contributed by atoms with Crippen LogP contribution in [0.5, 0.6) is 0 Å². The average molecular weight is 438 g/mol. The third-order valence-electron chi connectivity index (χ3n) is 4.39. The summed E-state index contributed by atoms with van der Waals surface area (Å²) >= 11 is 1.45. The molecule has 1 heterocycles. The Hall–Kier alpha value is -1.93. The molecule has 0 saturated carbocycles. The van der Waals surface area contributed by atoms with E-state index in [4.69, 9.17) is 10.00 Å². The van der Waals surface area contributed by atoms with Gasteiger partial charge in [-0.25, -0.2) is 8.42 Å². The molecular weight excluding hydrogens is 410 g/mol. The van der Waals surface area contributed by atoms with Gasteiger partial charge in [0.2, 0.25) is 10.0 Å². The molecule has 1 aromatic carbocycles. The van der Waals surface area contributed by atoms with E-state index in [2.05, 4.69) is 16.3 Å². The lowest BCUT2D eigenvalue weighted by molar-refractivity contribution is 0.159. The van der Waals surface area contributed by atoms with Crippen LogP contribution in [0.3, 0.4) is 0 Å². The third kappa shape index (κ3) is 5.36. The molecule has 158 valence electrons. The first kappa shape index (κ1) is 23.3. The van der Waals surface area contributed by atoms with Gasteiger partial charge in [0, 0.05) is 37.9 Å². The first-order valence-electron chi connectivity index (χ1n) is 9.44. The van der Waals surface area contributed by atoms with E-state index in [0.29, 0.717) is 48.4 Å². The van der Waals surface area contributed by atoms with Crippen LogP contribution < -0.4 is 0 Å². The second kappa shape index (κ2) is 10.7. The molecule has 0 aliphatic heterocycles. The summed E-state index contributed by atoms with van der Waals surface area (Å²) in [5.41, 5.74) is 0.667. The maximum Gasteiger partial charge on any atom is 0.243 e. The predicted octanol–water partition coefficient (Wildman–Crippen LogP) is 3.19. The lowest BCUT2D eigenvalue weighted by Gasteiger charge is -2.19. The number of benzene rings is 1. The van der Waals surface area contributed by atoms with Crippen molar-refractivity contribution in [1.29, 1.82) is 5.26 Å². The smallest absolute Gasteiger partial charge is 0.243 e. The molecule has 0 radical (unpaired) electrons. The van der Waals surface area contributed by atoms with E-state index < -0.39 is 10.0 Å². The summed E-state index contributed by atoms with van der Waals surface area (Å²) in [5, 5.41) is 18.1. The highest BCUT2D eigenvalue weighted by Crippen LogP contribution is 2.30. The molecular formula is C19H27N5O3S2. The van der Waals surface area contributed by atoms with Crippen LogP contribution in [0.1, 0.15) is 33.2 Å². The molecule has 2 aromatic rings. The number of aromatic nitrogens is 3. The SMILES string of the molecule is CCN(CC)S(=O)(=O)c1cccc(-c2nnc(SCCC#N)n2[C@@H](C)COC)c1. The zero-order chi connectivity index (χ0) is 21.4. The summed E-state index contributed by atoms with van der Waals surface area (Å²) in [7, 11) is -1.95. The molecule has 0 amide bonds. The maximum atomic E-state index is 12.9. The van der Waals surface area contributed by atoms with E-state index in [1.165, 1.54) is 16.1 Å². The molecule has 0 unspecified atom stereocenters. The standard InChI is InChI=1S/C19H27N5O3S2/c1-5-23(6-2)29(25,26)17-10-7-9-16(13-17)18-21-22-19(28-12-8-11-20)24(18)15(3)14-27-4/h7,9-10,13,15H,5-6,8,12,14H2,1-4H3/t15-/m0/s1. The molecule has 10 heteroatoms. The van der Waals surface area contributed by atoms with Gasteiger partial charge in [-0.3, -0.25) is 4.57 Å². The molecule has 0 bridgehead atoms. The summed E-state index contributed by atoms with van der Waals surface area (Å²) in [6, 6.07) is 8.84. The Kier molecular flexibility index (Phi) is 8.64. The number of nitrogens with zero attached hydrogens (tertiary/aromatic N) is 5. The molecule has 1 aromatic heterocycles. The van der Waals surface area contributed by atoms with E-state index in [-0.39, 0.29) is 10.9 Å². The van der Waals surface area contributed by atoms with Crippen molar-refractivity contribution in [3.05, 3.63) is 24.3 Å². The van der Waals surface area contributed by atoms with Crippen molar-refractivity contribution in [2.45, 2.75) is 43.3 Å². The number of sulfonamides is 1. The number of thioether (sulfide) groups is 1. The number of nitriles is 1. The lowest BCUT2D eigenvalue weighted by Crippen LogP contribution is -2.30. The molecule has 0 spiro atoms. The van der Waals surface area contributed by atoms with Gasteiger partial charge in [0.25, 0.3) is 0 Å². The summed E-state index contributed by atoms with van der Waals surface area (Å²) in [4.78, 5) is 0.228. The van der Waals surface area contributed by atoms with Gasteiger partial charge in [-0.2, -0.15) is 9.57 Å². The number of hydrogen-bond donors (Lipinski definition) is 0. The average Bonchev–Trinajstić information content (AvgIpc) is 3.13. The fraction of sp³-hybridized carbons (Fsp3) is 0.526. The zero-order valence-corrected chi connectivity index (χ0v) is 18.8. The van der Waals surface area contributed by atoms with E-state index in [1.807, 2.05) is 31.4 Å². The molecule has 2 rings (SSSR count). The van der Waals surface area contributed by atoms with Crippen molar-refractivity contribution < 1.29 is 13.2 Å². The van der Waals surface area contributed by atoms with Crippen molar-refractivity contribution in [2.24, 2.45) is 0 Å². The molecule has 0 N–H and O–H groups in total. The minimum Gasteiger partial charge on any atom is -0.383 e. The summed E-state index contributed by atoms with van der Waals surface area (Å²) in [5.74, 6) is 1.18. The number of rotatable bonds is 11. The Morgan fingerprint density at radius 1 is 1.31 bits per heavy atom. The highest BCUT2D eigenvalue weighted by atomic mass is 32.2. The van der Waals surface area contributed by atoms with E-state index in [1.54, 1.807) is 25.3 Å². The van der Waals surface area contributed by atoms with Gasteiger partial charge in [-0.05, 0) is 19.1 Å². The van der Waals surface area contributed by atoms with Gasteiger partial charge < -0.3 is 4.74 Å². The molecule has 8 nitrogen and oxygen atoms in total. The monoisotopic (exact) mass is 437 g/mol. The van der Waals surface area contributed by atoms with E-state index in [0.717, 1.165) is 0 Å². The maximum absolute atomic E-state index is 12.9. The van der Waals surface area contributed by atoms with Crippen LogP contribution in [0.15, 0.2) is 34.3 Å². The van der Waals surface area contributed by atoms with Gasteiger partial charge in [-0.15, -0.1) is 10.2 Å². The summed E-state index contributed by atoms with van der Waals surface area (Å²) in [6.45, 7) is 6.89. The van der Waals surface area contributed by atoms with Crippen molar-refractivity contribution in [2.75, 3.05) is 32.6 Å². The van der Waals surface area contributed by atoms with Crippen LogP contribution in [-0.4, -0.2) is 60.0 Å². The Labute approximate surface area is 176 Å². The fourth-order valence-corrected chi connectivity index (χ4v) is 5.37. The van der Waals surface area contributed by atoms with Crippen molar-refractivity contribution >= 4 is 21.8 Å². The zero-order valence-electron chi connectivity index (χ0n) is 17.2. The molecule has 29 heavy (non-hydrogen) atoms. The first-order chi connectivity index (χ1) is 13.9. The topological polar surface area (TPSA) is 101 Å². The van der Waals surface area contributed by atoms with Crippen LogP contribution in [0, 0.1) is 11.3 Å². The lowest BCUT2D eigenvalue weighted by atomic mass is 10.2. The van der Waals surface area contributed by atoms with Crippen LogP contribution >= 0.6 is 11.8 Å². The summed E-state index contributed by atoms with van der Waals surface area (Å²) < 4.78 is 34.5. The second-order valence-corrected chi connectivity index (χ2v) is 9.35. The minimum absolute atomic E-state index is 0.0577. The van der Waals surface area contributed by atoms with Gasteiger partial charge in [0.05, 0.1) is 23.6 Å². The normalized spacial score (nSPS) is 12.8. The Balaban J connectivity index is 2.50. The largest absolute Gasteiger partial charge is 0.383 e. The van der Waals surface area contributed by atoms with E-state index >= 15 is 0 Å². The molecule has 0 fully saturated rings. The highest BCUT2D eigenvalue weighted by molar-refractivity contribution is 7.99. The minimum atomic E-state index is -3.58. The quantitative estimate of drug-likeness (QED) is 0.393. The van der Waals surface area contributed by atoms with Crippen molar-refractivity contribution in [3.8, 4) is 17.5 Å². The Bertz CT molecular complexity index is 949. The Morgan fingerprint density at radius 3 is 2.66 bits per heavy atom. The fourth-order valence-electron chi connectivity index (χ4n) is 2.98.